The predicted molar refractivity (Wildman–Crippen MR) is 82.4 cm³/mol. The first-order chi connectivity index (χ1) is 10.6. The van der Waals surface area contributed by atoms with Gasteiger partial charge in [-0.15, -0.1) is 0 Å². The van der Waals surface area contributed by atoms with Gasteiger partial charge in [0.2, 0.25) is 5.91 Å². The average molecular weight is 297 g/mol. The van der Waals surface area contributed by atoms with Crippen LogP contribution in [-0.4, -0.2) is 25.5 Å². The van der Waals surface area contributed by atoms with Gasteiger partial charge in [-0.25, -0.2) is 0 Å². The van der Waals surface area contributed by atoms with Crippen LogP contribution in [0.3, 0.4) is 0 Å². The monoisotopic (exact) mass is 297 g/mol. The molecule has 22 heavy (non-hydrogen) atoms. The van der Waals surface area contributed by atoms with E-state index in [1.54, 1.807) is 11.9 Å². The Bertz CT molecular complexity index is 695. The van der Waals surface area contributed by atoms with Gasteiger partial charge in [0.25, 0.3) is 0 Å². The number of hydrogen-bond acceptors (Lipinski definition) is 3. The molecule has 2 aliphatic carbocycles. The number of fused-ring (bicyclic) bond motifs is 5. The second-order valence-corrected chi connectivity index (χ2v) is 6.37. The Morgan fingerprint density at radius 3 is 2.91 bits per heavy atom. The largest absolute Gasteiger partial charge is 0.466 e. The number of benzene rings is 1. The van der Waals surface area contributed by atoms with Crippen LogP contribution in [0.25, 0.3) is 0 Å². The first kappa shape index (κ1) is 13.6. The van der Waals surface area contributed by atoms with Crippen LogP contribution in [0.15, 0.2) is 36.4 Å². The Balaban J connectivity index is 1.93. The number of allylic oxidation sites excluding steroid dienone is 2. The van der Waals surface area contributed by atoms with Crippen molar-refractivity contribution in [3.05, 3.63) is 42.0 Å². The molecule has 1 heterocycles. The maximum absolute atomic E-state index is 13.2. The van der Waals surface area contributed by atoms with E-state index in [4.69, 9.17) is 4.74 Å². The summed E-state index contributed by atoms with van der Waals surface area (Å²) in [4.78, 5) is 27.5. The number of para-hydroxylation sites is 1. The molecular weight excluding hydrogens is 278 g/mol. The third-order valence-electron chi connectivity index (χ3n) is 5.53. The quantitative estimate of drug-likeness (QED) is 0.621. The van der Waals surface area contributed by atoms with Crippen LogP contribution in [0.2, 0.25) is 0 Å². The van der Waals surface area contributed by atoms with Crippen LogP contribution in [-0.2, 0) is 19.7 Å². The van der Waals surface area contributed by atoms with E-state index < -0.39 is 11.3 Å². The summed E-state index contributed by atoms with van der Waals surface area (Å²) in [5.41, 5.74) is 1.14. The van der Waals surface area contributed by atoms with E-state index in [0.29, 0.717) is 6.61 Å². The van der Waals surface area contributed by atoms with Crippen molar-refractivity contribution in [2.24, 2.45) is 17.8 Å². The highest BCUT2D eigenvalue weighted by molar-refractivity contribution is 6.11. The van der Waals surface area contributed by atoms with Crippen LogP contribution in [0.4, 0.5) is 5.69 Å². The number of amides is 1. The minimum atomic E-state index is -0.767. The van der Waals surface area contributed by atoms with Gasteiger partial charge < -0.3 is 9.64 Å². The van der Waals surface area contributed by atoms with Gasteiger partial charge in [-0.05, 0) is 36.8 Å². The summed E-state index contributed by atoms with van der Waals surface area (Å²) >= 11 is 0. The molecule has 4 nitrogen and oxygen atoms in total. The number of likely N-dealkylation sites (N-methyl/N-ethyl adjacent to an activating group) is 1. The van der Waals surface area contributed by atoms with Crippen molar-refractivity contribution in [1.82, 2.24) is 0 Å². The summed E-state index contributed by atoms with van der Waals surface area (Å²) in [7, 11) is 1.80. The smallest absolute Gasteiger partial charge is 0.310 e. The maximum Gasteiger partial charge on any atom is 0.310 e. The van der Waals surface area contributed by atoms with E-state index in [2.05, 4.69) is 12.2 Å². The normalized spacial score (nSPS) is 34.5. The standard InChI is InChI=1S/C18H19NO3/c1-3-22-16(20)15-11-8-9-12(10-11)18(15)13-6-4-5-7-14(13)19(2)17(18)21/h4-9,11-12,15H,3,10H2,1-2H3/t11-,12+,15-,18-/m1/s1. The van der Waals surface area contributed by atoms with Crippen molar-refractivity contribution in [1.29, 1.82) is 0 Å². The van der Waals surface area contributed by atoms with Gasteiger partial charge in [-0.1, -0.05) is 30.4 Å². The number of carbonyl (C=O) groups is 2. The number of esters is 1. The highest BCUT2D eigenvalue weighted by Gasteiger charge is 2.68. The molecule has 1 aromatic carbocycles. The van der Waals surface area contributed by atoms with E-state index in [1.165, 1.54) is 0 Å². The van der Waals surface area contributed by atoms with Gasteiger partial charge in [-0.3, -0.25) is 9.59 Å². The number of rotatable bonds is 2. The first-order valence-corrected chi connectivity index (χ1v) is 7.85. The van der Waals surface area contributed by atoms with E-state index in [0.717, 1.165) is 17.7 Å². The van der Waals surface area contributed by atoms with E-state index in [-0.39, 0.29) is 23.7 Å². The van der Waals surface area contributed by atoms with Crippen molar-refractivity contribution in [2.45, 2.75) is 18.8 Å². The Kier molecular flexibility index (Phi) is 2.74. The molecule has 1 amide bonds. The Labute approximate surface area is 129 Å². The summed E-state index contributed by atoms with van der Waals surface area (Å²) in [5, 5.41) is 0. The van der Waals surface area contributed by atoms with E-state index in [9.17, 15) is 9.59 Å². The molecule has 2 bridgehead atoms. The summed E-state index contributed by atoms with van der Waals surface area (Å²) in [6.45, 7) is 2.16. The lowest BCUT2D eigenvalue weighted by Gasteiger charge is -2.36. The van der Waals surface area contributed by atoms with Crippen molar-refractivity contribution in [2.75, 3.05) is 18.6 Å². The third-order valence-corrected chi connectivity index (χ3v) is 5.53. The second kappa shape index (κ2) is 4.45. The Morgan fingerprint density at radius 1 is 1.36 bits per heavy atom. The van der Waals surface area contributed by atoms with Crippen molar-refractivity contribution < 1.29 is 14.3 Å². The highest BCUT2D eigenvalue weighted by Crippen LogP contribution is 2.62. The van der Waals surface area contributed by atoms with Crippen molar-refractivity contribution >= 4 is 17.6 Å². The summed E-state index contributed by atoms with van der Waals surface area (Å²) in [6.07, 6.45) is 5.07. The van der Waals surface area contributed by atoms with Crippen LogP contribution in [0, 0.1) is 17.8 Å². The zero-order valence-corrected chi connectivity index (χ0v) is 12.8. The van der Waals surface area contributed by atoms with Crippen LogP contribution in [0.5, 0.6) is 0 Å². The van der Waals surface area contributed by atoms with Crippen molar-refractivity contribution in [3.63, 3.8) is 0 Å². The Morgan fingerprint density at radius 2 is 2.14 bits per heavy atom. The molecule has 4 rings (SSSR count). The molecule has 1 spiro atoms. The summed E-state index contributed by atoms with van der Waals surface area (Å²) < 4.78 is 5.32. The minimum Gasteiger partial charge on any atom is -0.466 e. The molecule has 0 unspecified atom stereocenters. The van der Waals surface area contributed by atoms with Gasteiger partial charge in [-0.2, -0.15) is 0 Å². The summed E-state index contributed by atoms with van der Waals surface area (Å²) in [6, 6.07) is 7.84. The van der Waals surface area contributed by atoms with Gasteiger partial charge in [0.15, 0.2) is 0 Å². The fourth-order valence-corrected chi connectivity index (χ4v) is 4.75. The zero-order valence-electron chi connectivity index (χ0n) is 12.8. The number of hydrogen-bond donors (Lipinski definition) is 0. The second-order valence-electron chi connectivity index (χ2n) is 6.37. The summed E-state index contributed by atoms with van der Waals surface area (Å²) in [5.74, 6) is -0.416. The average Bonchev–Trinajstić information content (AvgIpc) is 3.17. The molecule has 0 N–H and O–H groups in total. The van der Waals surface area contributed by atoms with Gasteiger partial charge in [0, 0.05) is 12.7 Å². The predicted octanol–water partition coefficient (Wildman–Crippen LogP) is 2.29. The number of anilines is 1. The first-order valence-electron chi connectivity index (χ1n) is 7.85. The van der Waals surface area contributed by atoms with Crippen LogP contribution < -0.4 is 4.90 Å². The molecule has 1 saturated carbocycles. The van der Waals surface area contributed by atoms with Gasteiger partial charge in [0.05, 0.1) is 17.9 Å². The van der Waals surface area contributed by atoms with E-state index >= 15 is 0 Å². The molecule has 114 valence electrons. The zero-order chi connectivity index (χ0) is 15.5. The van der Waals surface area contributed by atoms with Gasteiger partial charge >= 0.3 is 5.97 Å². The fourth-order valence-electron chi connectivity index (χ4n) is 4.75. The fraction of sp³-hybridized carbons (Fsp3) is 0.444. The van der Waals surface area contributed by atoms with Crippen LogP contribution >= 0.6 is 0 Å². The molecule has 0 saturated heterocycles. The Hall–Kier alpha value is -2.10. The topological polar surface area (TPSA) is 46.6 Å². The van der Waals surface area contributed by atoms with Gasteiger partial charge in [0.1, 0.15) is 0 Å². The molecule has 4 atom stereocenters. The molecule has 1 fully saturated rings. The molecular formula is C18H19NO3. The molecule has 0 aromatic heterocycles. The number of carbonyl (C=O) groups excluding carboxylic acids is 2. The van der Waals surface area contributed by atoms with E-state index in [1.807, 2.05) is 31.2 Å². The highest BCUT2D eigenvalue weighted by atomic mass is 16.5. The number of nitrogens with zero attached hydrogens (tertiary/aromatic N) is 1. The molecule has 3 aliphatic rings. The van der Waals surface area contributed by atoms with Crippen LogP contribution in [0.1, 0.15) is 18.9 Å². The SMILES string of the molecule is CCOC(=O)[C@H]1[C@@H]2C=C[C@@H](C2)[C@]12C(=O)N(C)c1ccccc12. The lowest BCUT2D eigenvalue weighted by atomic mass is 9.65. The maximum atomic E-state index is 13.2. The number of ether oxygens (including phenoxy) is 1. The molecule has 0 radical (unpaired) electrons. The third kappa shape index (κ3) is 1.38. The minimum absolute atomic E-state index is 0.0311. The molecule has 1 aliphatic heterocycles. The lowest BCUT2D eigenvalue weighted by Crippen LogP contribution is -2.50. The lowest BCUT2D eigenvalue weighted by molar-refractivity contribution is -0.154. The molecule has 1 aromatic rings. The van der Waals surface area contributed by atoms with Crippen molar-refractivity contribution in [3.8, 4) is 0 Å². The molecule has 4 heteroatoms.